The van der Waals surface area contributed by atoms with Crippen molar-refractivity contribution in [1.82, 2.24) is 0 Å². The molecule has 106 valence electrons. The summed E-state index contributed by atoms with van der Waals surface area (Å²) in [6, 6.07) is 0. The van der Waals surface area contributed by atoms with E-state index in [4.69, 9.17) is 15.9 Å². The molecule has 2 atom stereocenters. The topological polar surface area (TPSA) is 76.2 Å². The average molecular weight is 338 g/mol. The van der Waals surface area contributed by atoms with Gasteiger partial charge in [0.05, 0.1) is 5.92 Å². The maximum atomic E-state index is 11.6. The van der Waals surface area contributed by atoms with Crippen molar-refractivity contribution in [3.05, 3.63) is 0 Å². The number of amidine groups is 1. The Balaban J connectivity index is 0.00000289. The molecule has 0 aromatic rings. The number of carbonyl (C=O) groups excluding carboxylic acids is 1. The average Bonchev–Trinajstić information content (AvgIpc) is 2.63. The Bertz CT molecular complexity index is 277. The molecule has 4 nitrogen and oxygen atoms in total. The molecule has 0 aromatic carbocycles. The van der Waals surface area contributed by atoms with Gasteiger partial charge in [-0.1, -0.05) is 44.4 Å². The molecule has 1 heterocycles. The van der Waals surface area contributed by atoms with Crippen molar-refractivity contribution >= 4 is 22.9 Å². The summed E-state index contributed by atoms with van der Waals surface area (Å²) in [6.45, 7) is 2.18. The quantitative estimate of drug-likeness (QED) is 0.285. The van der Waals surface area contributed by atoms with Crippen LogP contribution in [0.25, 0.3) is 0 Å². The molecule has 0 saturated carbocycles. The van der Waals surface area contributed by atoms with Gasteiger partial charge in [0.25, 0.3) is 0 Å². The minimum absolute atomic E-state index is 0. The van der Waals surface area contributed by atoms with E-state index < -0.39 is 0 Å². The van der Waals surface area contributed by atoms with E-state index in [1.807, 2.05) is 0 Å². The fourth-order valence-corrected chi connectivity index (χ4v) is 2.63. The maximum absolute atomic E-state index is 11.6. The summed E-state index contributed by atoms with van der Waals surface area (Å²) in [5.74, 6) is 0.632. The van der Waals surface area contributed by atoms with Gasteiger partial charge < -0.3 is 27.5 Å². The van der Waals surface area contributed by atoms with Crippen LogP contribution in [0.2, 0.25) is 0 Å². The van der Waals surface area contributed by atoms with Crippen LogP contribution in [-0.2, 0) is 9.53 Å². The van der Waals surface area contributed by atoms with E-state index in [1.54, 1.807) is 0 Å². The van der Waals surface area contributed by atoms with Crippen LogP contribution in [0.4, 0.5) is 0 Å². The summed E-state index contributed by atoms with van der Waals surface area (Å²) in [5.41, 5.74) is 5.26. The number of nitrogens with two attached hydrogens (primary N) is 1. The molecule has 2 unspecified atom stereocenters. The van der Waals surface area contributed by atoms with E-state index in [0.29, 0.717) is 5.75 Å². The normalized spacial score (nSPS) is 22.4. The number of carbonyl (C=O) groups is 1. The standard InChI is InChI=1S/C12H22N2O2S.BrH/c1-2-3-4-5-6-9-7-10(16-11(9)15)8-17-12(13)14;/h9-10H,2-8H2,1H3,(H3,13,14);1H/p-1. The van der Waals surface area contributed by atoms with Gasteiger partial charge >= 0.3 is 5.97 Å². The second-order valence-electron chi connectivity index (χ2n) is 4.52. The van der Waals surface area contributed by atoms with Gasteiger partial charge in [0.15, 0.2) is 5.17 Å². The van der Waals surface area contributed by atoms with Gasteiger partial charge in [-0.3, -0.25) is 10.2 Å². The largest absolute Gasteiger partial charge is 1.00 e. The third-order valence-corrected chi connectivity index (χ3v) is 3.84. The minimum atomic E-state index is -0.0596. The molecule has 0 amide bonds. The van der Waals surface area contributed by atoms with Crippen LogP contribution in [0.1, 0.15) is 45.4 Å². The summed E-state index contributed by atoms with van der Waals surface area (Å²) in [5, 5.41) is 7.21. The van der Waals surface area contributed by atoms with Gasteiger partial charge in [0.2, 0.25) is 0 Å². The lowest BCUT2D eigenvalue weighted by atomic mass is 9.98. The van der Waals surface area contributed by atoms with Gasteiger partial charge in [0, 0.05) is 5.75 Å². The highest BCUT2D eigenvalue weighted by atomic mass is 79.9. The van der Waals surface area contributed by atoms with Crippen molar-refractivity contribution in [2.24, 2.45) is 11.7 Å². The second kappa shape index (κ2) is 9.67. The Morgan fingerprint density at radius 2 is 2.22 bits per heavy atom. The first-order valence-electron chi connectivity index (χ1n) is 6.30. The number of cyclic esters (lactones) is 1. The zero-order chi connectivity index (χ0) is 12.7. The Kier molecular flexibility index (Phi) is 9.54. The van der Waals surface area contributed by atoms with Gasteiger partial charge in [-0.2, -0.15) is 0 Å². The lowest BCUT2D eigenvalue weighted by Crippen LogP contribution is -3.00. The summed E-state index contributed by atoms with van der Waals surface area (Å²) in [6.07, 6.45) is 6.46. The van der Waals surface area contributed by atoms with Crippen LogP contribution in [-0.4, -0.2) is 23.0 Å². The highest BCUT2D eigenvalue weighted by Crippen LogP contribution is 2.28. The maximum Gasteiger partial charge on any atom is 0.309 e. The third-order valence-electron chi connectivity index (χ3n) is 2.99. The lowest BCUT2D eigenvalue weighted by molar-refractivity contribution is -0.143. The first-order chi connectivity index (χ1) is 8.13. The molecule has 1 rings (SSSR count). The molecule has 0 radical (unpaired) electrons. The summed E-state index contributed by atoms with van der Waals surface area (Å²) in [4.78, 5) is 11.6. The highest BCUT2D eigenvalue weighted by Gasteiger charge is 2.33. The molecular weight excluding hydrogens is 316 g/mol. The first-order valence-corrected chi connectivity index (χ1v) is 7.29. The molecule has 1 aliphatic heterocycles. The van der Waals surface area contributed by atoms with Gasteiger partial charge in [-0.25, -0.2) is 0 Å². The van der Waals surface area contributed by atoms with Crippen LogP contribution < -0.4 is 22.7 Å². The predicted molar refractivity (Wildman–Crippen MR) is 71.1 cm³/mol. The smallest absolute Gasteiger partial charge is 0.309 e. The number of thioether (sulfide) groups is 1. The zero-order valence-electron chi connectivity index (χ0n) is 10.8. The van der Waals surface area contributed by atoms with Crippen LogP contribution in [0, 0.1) is 11.3 Å². The van der Waals surface area contributed by atoms with Crippen molar-refractivity contribution in [2.75, 3.05) is 5.75 Å². The molecule has 1 saturated heterocycles. The van der Waals surface area contributed by atoms with Crippen molar-refractivity contribution in [3.8, 4) is 0 Å². The Hall–Kier alpha value is -0.230. The molecule has 0 spiro atoms. The molecule has 18 heavy (non-hydrogen) atoms. The second-order valence-corrected chi connectivity index (χ2v) is 5.58. The van der Waals surface area contributed by atoms with E-state index >= 15 is 0 Å². The third kappa shape index (κ3) is 6.64. The number of ether oxygens (including phenoxy) is 1. The van der Waals surface area contributed by atoms with Crippen molar-refractivity contribution < 1.29 is 26.5 Å². The van der Waals surface area contributed by atoms with Crippen molar-refractivity contribution in [3.63, 3.8) is 0 Å². The number of halogens is 1. The molecule has 6 heteroatoms. The van der Waals surface area contributed by atoms with Gasteiger partial charge in [0.1, 0.15) is 6.10 Å². The number of hydrogen-bond acceptors (Lipinski definition) is 4. The molecule has 0 aromatic heterocycles. The van der Waals surface area contributed by atoms with Crippen LogP contribution in [0.5, 0.6) is 0 Å². The van der Waals surface area contributed by atoms with Gasteiger partial charge in [-0.15, -0.1) is 0 Å². The molecule has 1 aliphatic rings. The summed E-state index contributed by atoms with van der Waals surface area (Å²) in [7, 11) is 0. The van der Waals surface area contributed by atoms with E-state index in [1.165, 1.54) is 31.0 Å². The molecule has 0 bridgehead atoms. The number of nitrogens with one attached hydrogen (secondary N) is 1. The minimum Gasteiger partial charge on any atom is -1.00 e. The van der Waals surface area contributed by atoms with Crippen LogP contribution >= 0.6 is 11.8 Å². The Morgan fingerprint density at radius 1 is 1.50 bits per heavy atom. The number of esters is 1. The van der Waals surface area contributed by atoms with E-state index in [2.05, 4.69) is 6.92 Å². The Labute approximate surface area is 124 Å². The first kappa shape index (κ1) is 17.8. The SMILES string of the molecule is CCCCCCC1CC(CSC(=N)N)OC1=O.[Br-]. The van der Waals surface area contributed by atoms with Gasteiger partial charge in [-0.05, 0) is 12.8 Å². The fraction of sp³-hybridized carbons (Fsp3) is 0.833. The zero-order valence-corrected chi connectivity index (χ0v) is 13.2. The number of rotatable bonds is 7. The van der Waals surface area contributed by atoms with Crippen LogP contribution in [0.15, 0.2) is 0 Å². The van der Waals surface area contributed by atoms with E-state index in [-0.39, 0.29) is 40.1 Å². The number of hydrogen-bond donors (Lipinski definition) is 2. The monoisotopic (exact) mass is 337 g/mol. The molecule has 0 aliphatic carbocycles. The predicted octanol–water partition coefficient (Wildman–Crippen LogP) is -0.481. The summed E-state index contributed by atoms with van der Waals surface area (Å²) >= 11 is 1.25. The molecular formula is C12H22BrN2O2S-. The van der Waals surface area contributed by atoms with Crippen molar-refractivity contribution in [1.29, 1.82) is 5.41 Å². The fourth-order valence-electron chi connectivity index (χ4n) is 2.06. The summed E-state index contributed by atoms with van der Waals surface area (Å²) < 4.78 is 5.27. The van der Waals surface area contributed by atoms with E-state index in [0.717, 1.165) is 19.3 Å². The van der Waals surface area contributed by atoms with E-state index in [9.17, 15) is 4.79 Å². The molecule has 3 N–H and O–H groups in total. The lowest BCUT2D eigenvalue weighted by Gasteiger charge is -2.06. The Morgan fingerprint density at radius 3 is 2.83 bits per heavy atom. The molecule has 1 fully saturated rings. The number of unbranched alkanes of at least 4 members (excludes halogenated alkanes) is 3. The van der Waals surface area contributed by atoms with Crippen LogP contribution in [0.3, 0.4) is 0 Å². The van der Waals surface area contributed by atoms with Crippen molar-refractivity contribution in [2.45, 2.75) is 51.6 Å². The highest BCUT2D eigenvalue weighted by molar-refractivity contribution is 8.13.